The number of allylic oxidation sites excluding steroid dienone is 6. The molecule has 3 heteroatoms. The molecule has 0 bridgehead atoms. The van der Waals surface area contributed by atoms with Gasteiger partial charge in [0.25, 0.3) is 0 Å². The third-order valence-corrected chi connectivity index (χ3v) is 9.10. The lowest BCUT2D eigenvalue weighted by molar-refractivity contribution is 0.287. The van der Waals surface area contributed by atoms with E-state index in [0.717, 1.165) is 82.6 Å². The molecule has 0 saturated heterocycles. The van der Waals surface area contributed by atoms with Gasteiger partial charge in [-0.2, -0.15) is 0 Å². The molecule has 0 aromatic heterocycles. The highest BCUT2D eigenvalue weighted by Crippen LogP contribution is 2.40. The molecule has 0 heterocycles. The zero-order chi connectivity index (χ0) is 25.5. The molecule has 198 valence electrons. The smallest absolute Gasteiger partial charge is 0.166 e. The van der Waals surface area contributed by atoms with E-state index in [1.54, 1.807) is 6.07 Å². The highest BCUT2D eigenvalue weighted by molar-refractivity contribution is 5.67. The quantitative estimate of drug-likeness (QED) is 0.301. The number of hydrogen-bond acceptors (Lipinski definition) is 0. The zero-order valence-electron chi connectivity index (χ0n) is 22.4. The van der Waals surface area contributed by atoms with E-state index in [-0.39, 0.29) is 11.7 Å². The highest BCUT2D eigenvalue weighted by atomic mass is 19.2. The predicted octanol–water partition coefficient (Wildman–Crippen LogP) is 10.7. The van der Waals surface area contributed by atoms with Crippen molar-refractivity contribution in [3.05, 3.63) is 64.5 Å². The first-order chi connectivity index (χ1) is 17.5. The lowest BCUT2D eigenvalue weighted by atomic mass is 9.75. The molecule has 0 aliphatic heterocycles. The van der Waals surface area contributed by atoms with Gasteiger partial charge in [-0.1, -0.05) is 63.8 Å². The average molecular weight is 499 g/mol. The van der Waals surface area contributed by atoms with Crippen LogP contribution in [0.15, 0.2) is 41.8 Å². The van der Waals surface area contributed by atoms with E-state index in [0.29, 0.717) is 35.3 Å². The molecule has 1 fully saturated rings. The molecular formula is C33H45F3. The molecule has 2 unspecified atom stereocenters. The van der Waals surface area contributed by atoms with Crippen LogP contribution in [0.25, 0.3) is 5.57 Å². The van der Waals surface area contributed by atoms with Gasteiger partial charge >= 0.3 is 0 Å². The van der Waals surface area contributed by atoms with Crippen molar-refractivity contribution in [2.45, 2.75) is 110 Å². The molecule has 36 heavy (non-hydrogen) atoms. The van der Waals surface area contributed by atoms with Gasteiger partial charge in [0.05, 0.1) is 0 Å². The van der Waals surface area contributed by atoms with Crippen LogP contribution in [0.4, 0.5) is 13.2 Å². The number of rotatable bonds is 10. The van der Waals surface area contributed by atoms with Crippen molar-refractivity contribution in [1.82, 2.24) is 0 Å². The summed E-state index contributed by atoms with van der Waals surface area (Å²) in [6.07, 6.45) is 21.3. The Balaban J connectivity index is 1.27. The van der Waals surface area contributed by atoms with Crippen molar-refractivity contribution in [2.24, 2.45) is 23.7 Å². The summed E-state index contributed by atoms with van der Waals surface area (Å²) in [5, 5.41) is 0. The van der Waals surface area contributed by atoms with E-state index in [9.17, 15) is 13.2 Å². The van der Waals surface area contributed by atoms with Gasteiger partial charge < -0.3 is 0 Å². The summed E-state index contributed by atoms with van der Waals surface area (Å²) >= 11 is 0. The van der Waals surface area contributed by atoms with Crippen molar-refractivity contribution in [1.29, 1.82) is 0 Å². The number of hydrogen-bond donors (Lipinski definition) is 0. The summed E-state index contributed by atoms with van der Waals surface area (Å²) in [6.45, 7) is 4.36. The Labute approximate surface area is 217 Å². The Morgan fingerprint density at radius 3 is 2.25 bits per heavy atom. The Morgan fingerprint density at radius 2 is 1.58 bits per heavy atom. The minimum atomic E-state index is -0.660. The Bertz CT molecular complexity index is 961. The van der Waals surface area contributed by atoms with Gasteiger partial charge in [-0.05, 0) is 111 Å². The van der Waals surface area contributed by atoms with Crippen LogP contribution in [0.1, 0.15) is 115 Å². The van der Waals surface area contributed by atoms with Crippen LogP contribution >= 0.6 is 0 Å². The highest BCUT2D eigenvalue weighted by Gasteiger charge is 2.27. The molecule has 3 aliphatic carbocycles. The first kappa shape index (κ1) is 27.3. The van der Waals surface area contributed by atoms with Crippen LogP contribution in [0.3, 0.4) is 0 Å². The van der Waals surface area contributed by atoms with E-state index in [1.165, 1.54) is 18.4 Å². The second-order valence-electron chi connectivity index (χ2n) is 11.6. The fourth-order valence-electron chi connectivity index (χ4n) is 6.70. The lowest BCUT2D eigenvalue weighted by Gasteiger charge is -2.31. The summed E-state index contributed by atoms with van der Waals surface area (Å²) < 4.78 is 44.5. The summed E-state index contributed by atoms with van der Waals surface area (Å²) in [7, 11) is 0. The third-order valence-electron chi connectivity index (χ3n) is 9.10. The van der Waals surface area contributed by atoms with Crippen LogP contribution < -0.4 is 0 Å². The van der Waals surface area contributed by atoms with Crippen molar-refractivity contribution in [3.8, 4) is 0 Å². The molecule has 2 atom stereocenters. The number of halogens is 3. The lowest BCUT2D eigenvalue weighted by Crippen LogP contribution is -2.18. The number of benzene rings is 1. The van der Waals surface area contributed by atoms with Gasteiger partial charge in [0.15, 0.2) is 11.6 Å². The summed E-state index contributed by atoms with van der Waals surface area (Å²) in [5.41, 5.74) is 3.14. The predicted molar refractivity (Wildman–Crippen MR) is 145 cm³/mol. The van der Waals surface area contributed by atoms with Crippen molar-refractivity contribution in [2.75, 3.05) is 0 Å². The van der Waals surface area contributed by atoms with E-state index in [1.807, 2.05) is 12.1 Å². The van der Waals surface area contributed by atoms with Gasteiger partial charge in [0.1, 0.15) is 5.83 Å². The van der Waals surface area contributed by atoms with Crippen LogP contribution in [-0.4, -0.2) is 0 Å². The molecule has 1 aromatic rings. The van der Waals surface area contributed by atoms with Crippen molar-refractivity contribution < 1.29 is 13.2 Å². The van der Waals surface area contributed by atoms with Gasteiger partial charge in [-0.25, -0.2) is 13.2 Å². The molecule has 0 amide bonds. The van der Waals surface area contributed by atoms with Gasteiger partial charge in [-0.3, -0.25) is 0 Å². The van der Waals surface area contributed by atoms with Crippen LogP contribution in [0.5, 0.6) is 0 Å². The zero-order valence-corrected chi connectivity index (χ0v) is 22.4. The van der Waals surface area contributed by atoms with Gasteiger partial charge in [0, 0.05) is 11.5 Å². The van der Waals surface area contributed by atoms with Crippen molar-refractivity contribution >= 4 is 5.57 Å². The topological polar surface area (TPSA) is 0 Å². The van der Waals surface area contributed by atoms with E-state index < -0.39 is 11.6 Å². The standard InChI is InChI=1S/C33H45F3/c1-3-5-7-27-18-19-29(22-31(27)34)25-13-8-24(9-14-25)12-17-28-20-21-30(33(36)32(28)35)26-15-10-23(6-4-2)11-16-26/h15,19-25,27H,3-14,16-18H2,1-2H3. The Morgan fingerprint density at radius 1 is 0.778 bits per heavy atom. The molecule has 0 N–H and O–H groups in total. The average Bonchev–Trinajstić information content (AvgIpc) is 2.90. The molecule has 0 spiro atoms. The Kier molecular flexibility index (Phi) is 9.96. The maximum absolute atomic E-state index is 15.0. The maximum Gasteiger partial charge on any atom is 0.166 e. The minimum absolute atomic E-state index is 0.0776. The largest absolute Gasteiger partial charge is 0.212 e. The third kappa shape index (κ3) is 6.75. The molecule has 0 radical (unpaired) electrons. The second-order valence-corrected chi connectivity index (χ2v) is 11.6. The van der Waals surface area contributed by atoms with Crippen molar-refractivity contribution in [3.63, 3.8) is 0 Å². The fourth-order valence-corrected chi connectivity index (χ4v) is 6.70. The SMILES string of the molecule is CCCCC1CC=C(C2CCC(CCc3ccc(C4=CCC(CCC)CC4)c(F)c3F)CC2)C=C1F. The normalized spacial score (nSPS) is 26.9. The number of unbranched alkanes of at least 4 members (excludes halogenated alkanes) is 1. The molecule has 1 aromatic carbocycles. The summed E-state index contributed by atoms with van der Waals surface area (Å²) in [6, 6.07) is 3.62. The summed E-state index contributed by atoms with van der Waals surface area (Å²) in [4.78, 5) is 0. The summed E-state index contributed by atoms with van der Waals surface area (Å²) in [5.74, 6) is 0.527. The molecule has 1 saturated carbocycles. The maximum atomic E-state index is 15.0. The monoisotopic (exact) mass is 498 g/mol. The fraction of sp³-hybridized carbons (Fsp3) is 0.636. The molecule has 0 nitrogen and oxygen atoms in total. The first-order valence-electron chi connectivity index (χ1n) is 14.7. The second kappa shape index (κ2) is 13.2. The van der Waals surface area contributed by atoms with Gasteiger partial charge in [0.2, 0.25) is 0 Å². The van der Waals surface area contributed by atoms with Crippen LogP contribution in [0, 0.1) is 35.3 Å². The van der Waals surface area contributed by atoms with E-state index >= 15 is 0 Å². The number of aryl methyl sites for hydroxylation is 1. The molecular weight excluding hydrogens is 453 g/mol. The molecule has 3 aliphatic rings. The van der Waals surface area contributed by atoms with E-state index in [4.69, 9.17) is 0 Å². The van der Waals surface area contributed by atoms with Gasteiger partial charge in [-0.15, -0.1) is 0 Å². The van der Waals surface area contributed by atoms with Crippen LogP contribution in [-0.2, 0) is 6.42 Å². The Hall–Kier alpha value is -1.77. The first-order valence-corrected chi connectivity index (χ1v) is 14.7. The minimum Gasteiger partial charge on any atom is -0.212 e. The molecule has 4 rings (SSSR count). The van der Waals surface area contributed by atoms with Crippen LogP contribution in [0.2, 0.25) is 0 Å². The van der Waals surface area contributed by atoms with E-state index in [2.05, 4.69) is 26.0 Å².